The van der Waals surface area contributed by atoms with Crippen molar-refractivity contribution in [1.29, 1.82) is 0 Å². The van der Waals surface area contributed by atoms with Crippen molar-refractivity contribution in [2.75, 3.05) is 49.6 Å². The standard InChI is InChI=1S/C20H27N7/c1-13-14(2)21-12-22-20(13)27-10-16-8-26(9-17(16)11-27)19-6-15-7-25(3)5-4-18(15)23-24-19/h6,12,16-17H,4-5,7-11H2,1-3H3. The van der Waals surface area contributed by atoms with Gasteiger partial charge in [0.25, 0.3) is 0 Å². The fraction of sp³-hybridized carbons (Fsp3) is 0.600. The second-order valence-corrected chi connectivity index (χ2v) is 8.40. The summed E-state index contributed by atoms with van der Waals surface area (Å²) in [7, 11) is 2.18. The number of anilines is 2. The third-order valence-corrected chi connectivity index (χ3v) is 6.54. The molecule has 2 aromatic rings. The molecule has 0 N–H and O–H groups in total. The second kappa shape index (κ2) is 6.41. The Bertz CT molecular complexity index is 853. The van der Waals surface area contributed by atoms with Crippen molar-refractivity contribution >= 4 is 11.6 Å². The average molecular weight is 365 g/mol. The molecule has 0 saturated carbocycles. The van der Waals surface area contributed by atoms with E-state index in [1.54, 1.807) is 6.33 Å². The molecule has 7 nitrogen and oxygen atoms in total. The van der Waals surface area contributed by atoms with Crippen LogP contribution in [0.1, 0.15) is 22.5 Å². The lowest BCUT2D eigenvalue weighted by Crippen LogP contribution is -2.31. The van der Waals surface area contributed by atoms with Gasteiger partial charge in [-0.1, -0.05) is 0 Å². The molecule has 0 bridgehead atoms. The molecular formula is C20H27N7. The van der Waals surface area contributed by atoms with Crippen LogP contribution >= 0.6 is 0 Å². The summed E-state index contributed by atoms with van der Waals surface area (Å²) < 4.78 is 0. The summed E-state index contributed by atoms with van der Waals surface area (Å²) in [4.78, 5) is 16.1. The van der Waals surface area contributed by atoms with Gasteiger partial charge >= 0.3 is 0 Å². The summed E-state index contributed by atoms with van der Waals surface area (Å²) in [5.41, 5.74) is 4.81. The van der Waals surface area contributed by atoms with Crippen molar-refractivity contribution in [3.05, 3.63) is 34.9 Å². The highest BCUT2D eigenvalue weighted by molar-refractivity contribution is 5.50. The lowest BCUT2D eigenvalue weighted by molar-refractivity contribution is 0.308. The molecule has 7 heteroatoms. The molecule has 0 spiro atoms. The first-order chi connectivity index (χ1) is 13.1. The minimum Gasteiger partial charge on any atom is -0.356 e. The monoisotopic (exact) mass is 365 g/mol. The minimum atomic E-state index is 0.667. The van der Waals surface area contributed by atoms with Gasteiger partial charge in [-0.15, -0.1) is 5.10 Å². The molecule has 2 aromatic heterocycles. The molecule has 3 aliphatic heterocycles. The van der Waals surface area contributed by atoms with Gasteiger partial charge in [0.05, 0.1) is 5.69 Å². The zero-order valence-electron chi connectivity index (χ0n) is 16.4. The van der Waals surface area contributed by atoms with Crippen molar-refractivity contribution in [3.8, 4) is 0 Å². The molecule has 3 aliphatic rings. The van der Waals surface area contributed by atoms with Crippen LogP contribution in [0.3, 0.4) is 0 Å². The van der Waals surface area contributed by atoms with E-state index in [4.69, 9.17) is 0 Å². The second-order valence-electron chi connectivity index (χ2n) is 8.40. The van der Waals surface area contributed by atoms with Gasteiger partial charge in [0.1, 0.15) is 12.1 Å². The van der Waals surface area contributed by atoms with E-state index < -0.39 is 0 Å². The first kappa shape index (κ1) is 16.9. The molecular weight excluding hydrogens is 338 g/mol. The fourth-order valence-electron chi connectivity index (χ4n) is 4.81. The number of aromatic nitrogens is 4. The fourth-order valence-corrected chi connectivity index (χ4v) is 4.81. The highest BCUT2D eigenvalue weighted by Crippen LogP contribution is 2.36. The third-order valence-electron chi connectivity index (χ3n) is 6.54. The maximum atomic E-state index is 4.56. The average Bonchev–Trinajstić information content (AvgIpc) is 3.22. The van der Waals surface area contributed by atoms with Crippen LogP contribution in [-0.2, 0) is 13.0 Å². The largest absolute Gasteiger partial charge is 0.356 e. The number of fused-ring (bicyclic) bond motifs is 2. The summed E-state index contributed by atoms with van der Waals surface area (Å²) >= 11 is 0. The topological polar surface area (TPSA) is 61.3 Å². The van der Waals surface area contributed by atoms with E-state index in [1.165, 1.54) is 16.8 Å². The van der Waals surface area contributed by atoms with Crippen LogP contribution in [-0.4, -0.2) is 64.8 Å². The molecule has 142 valence electrons. The van der Waals surface area contributed by atoms with Crippen molar-refractivity contribution in [2.24, 2.45) is 11.8 Å². The van der Waals surface area contributed by atoms with E-state index in [0.29, 0.717) is 11.8 Å². The van der Waals surface area contributed by atoms with Gasteiger partial charge in [-0.2, -0.15) is 5.10 Å². The highest BCUT2D eigenvalue weighted by atomic mass is 15.3. The van der Waals surface area contributed by atoms with Crippen LogP contribution in [0.4, 0.5) is 11.6 Å². The van der Waals surface area contributed by atoms with Gasteiger partial charge in [0.2, 0.25) is 0 Å². The van der Waals surface area contributed by atoms with Crippen LogP contribution in [0.25, 0.3) is 0 Å². The Labute approximate surface area is 160 Å². The van der Waals surface area contributed by atoms with Crippen molar-refractivity contribution in [3.63, 3.8) is 0 Å². The Kier molecular flexibility index (Phi) is 4.00. The van der Waals surface area contributed by atoms with Gasteiger partial charge < -0.3 is 14.7 Å². The molecule has 5 heterocycles. The third kappa shape index (κ3) is 2.94. The molecule has 2 saturated heterocycles. The number of rotatable bonds is 2. The van der Waals surface area contributed by atoms with Gasteiger partial charge in [-0.25, -0.2) is 9.97 Å². The predicted octanol–water partition coefficient (Wildman–Crippen LogP) is 1.44. The Morgan fingerprint density at radius 1 is 0.963 bits per heavy atom. The van der Waals surface area contributed by atoms with Crippen molar-refractivity contribution in [1.82, 2.24) is 25.1 Å². The summed E-state index contributed by atoms with van der Waals surface area (Å²) in [5.74, 6) is 3.50. The summed E-state index contributed by atoms with van der Waals surface area (Å²) in [6.45, 7) is 10.5. The zero-order chi connectivity index (χ0) is 18.5. The molecule has 0 radical (unpaired) electrons. The van der Waals surface area contributed by atoms with Crippen LogP contribution < -0.4 is 9.80 Å². The van der Waals surface area contributed by atoms with Crippen LogP contribution in [0.5, 0.6) is 0 Å². The summed E-state index contributed by atoms with van der Waals surface area (Å²) in [6, 6.07) is 2.27. The molecule has 0 amide bonds. The number of hydrogen-bond acceptors (Lipinski definition) is 7. The maximum absolute atomic E-state index is 4.56. The molecule has 5 rings (SSSR count). The quantitative estimate of drug-likeness (QED) is 0.798. The van der Waals surface area contributed by atoms with Crippen LogP contribution in [0, 0.1) is 25.7 Å². The smallest absolute Gasteiger partial charge is 0.151 e. The summed E-state index contributed by atoms with van der Waals surface area (Å²) in [5, 5.41) is 9.08. The van der Waals surface area contributed by atoms with Gasteiger partial charge in [-0.3, -0.25) is 0 Å². The lowest BCUT2D eigenvalue weighted by atomic mass is 10.0. The predicted molar refractivity (Wildman–Crippen MR) is 105 cm³/mol. The molecule has 2 fully saturated rings. The van der Waals surface area contributed by atoms with E-state index in [-0.39, 0.29) is 0 Å². The van der Waals surface area contributed by atoms with Gasteiger partial charge in [0, 0.05) is 68.8 Å². The Balaban J connectivity index is 1.30. The molecule has 2 atom stereocenters. The molecule has 0 aliphatic carbocycles. The molecule has 0 aromatic carbocycles. The van der Waals surface area contributed by atoms with E-state index in [9.17, 15) is 0 Å². The van der Waals surface area contributed by atoms with Crippen LogP contribution in [0.15, 0.2) is 12.4 Å². The normalized spacial score (nSPS) is 25.0. The summed E-state index contributed by atoms with van der Waals surface area (Å²) in [6.07, 6.45) is 2.70. The lowest BCUT2D eigenvalue weighted by Gasteiger charge is -2.27. The van der Waals surface area contributed by atoms with Gasteiger partial charge in [-0.05, 0) is 32.5 Å². The highest BCUT2D eigenvalue weighted by Gasteiger charge is 2.41. The maximum Gasteiger partial charge on any atom is 0.151 e. The molecule has 27 heavy (non-hydrogen) atoms. The number of hydrogen-bond donors (Lipinski definition) is 0. The van der Waals surface area contributed by atoms with Crippen LogP contribution in [0.2, 0.25) is 0 Å². The number of aryl methyl sites for hydroxylation is 1. The van der Waals surface area contributed by atoms with E-state index in [2.05, 4.69) is 61.8 Å². The van der Waals surface area contributed by atoms with E-state index >= 15 is 0 Å². The first-order valence-corrected chi connectivity index (χ1v) is 9.90. The van der Waals surface area contributed by atoms with Crippen molar-refractivity contribution in [2.45, 2.75) is 26.8 Å². The van der Waals surface area contributed by atoms with Gasteiger partial charge in [0.15, 0.2) is 5.82 Å². The van der Waals surface area contributed by atoms with E-state index in [1.807, 2.05) is 0 Å². The van der Waals surface area contributed by atoms with Crippen molar-refractivity contribution < 1.29 is 0 Å². The minimum absolute atomic E-state index is 0.667. The number of likely N-dealkylation sites (N-methyl/N-ethyl adjacent to an activating group) is 1. The Hall–Kier alpha value is -2.28. The Morgan fingerprint density at radius 3 is 2.48 bits per heavy atom. The molecule has 2 unspecified atom stereocenters. The first-order valence-electron chi connectivity index (χ1n) is 9.90. The zero-order valence-corrected chi connectivity index (χ0v) is 16.4. The van der Waals surface area contributed by atoms with E-state index in [0.717, 1.165) is 63.0 Å². The number of nitrogens with zero attached hydrogens (tertiary/aromatic N) is 7. The SMILES string of the molecule is Cc1ncnc(N2CC3CN(c4cc5c(nn4)CCN(C)C5)CC3C2)c1C. The Morgan fingerprint density at radius 2 is 1.70 bits per heavy atom.